The van der Waals surface area contributed by atoms with Crippen LogP contribution in [0.4, 0.5) is 0 Å². The Morgan fingerprint density at radius 1 is 1.12 bits per heavy atom. The van der Waals surface area contributed by atoms with Crippen LogP contribution in [0, 0.1) is 0 Å². The molecule has 3 aliphatic rings. The van der Waals surface area contributed by atoms with Gasteiger partial charge in [0.1, 0.15) is 22.8 Å². The lowest BCUT2D eigenvalue weighted by atomic mass is 9.72. The van der Waals surface area contributed by atoms with Crippen molar-refractivity contribution in [3.8, 4) is 17.2 Å². The van der Waals surface area contributed by atoms with Gasteiger partial charge in [0, 0.05) is 48.9 Å². The number of benzene rings is 2. The summed E-state index contributed by atoms with van der Waals surface area (Å²) in [6.07, 6.45) is -5.30. The quantitative estimate of drug-likeness (QED) is 0.198. The second-order valence-electron chi connectivity index (χ2n) is 10.8. The van der Waals surface area contributed by atoms with Gasteiger partial charge >= 0.3 is 5.97 Å². The fourth-order valence-electron chi connectivity index (χ4n) is 5.90. The monoisotopic (exact) mass is 585 g/mol. The average Bonchev–Trinajstić information content (AvgIpc) is 2.94. The first-order chi connectivity index (χ1) is 19.8. The standard InChI is InChI=1S/C29H31NO12/c1-11-24(33)15(30)7-19(41-11)42-17-9-29(38,18(32)10-40-12(2)31)8-14-21(17)28(37)23-22(26(14)35)25(34)13-5-4-6-16(39-3)20(13)27(23)36/h4-6,11,15,17,19,24,33,35,37-38H,7-10,30H2,1-3H3/t11?,15?,17?,19?,24?,29-/m0/s1. The van der Waals surface area contributed by atoms with Crippen molar-refractivity contribution in [2.75, 3.05) is 13.7 Å². The normalized spacial score (nSPS) is 28.4. The molecule has 0 saturated carbocycles. The number of carbonyl (C=O) groups excluding carboxylic acids is 4. The highest BCUT2D eigenvalue weighted by molar-refractivity contribution is 6.31. The number of ketones is 3. The first-order valence-corrected chi connectivity index (χ1v) is 13.3. The van der Waals surface area contributed by atoms with E-state index in [1.165, 1.54) is 25.3 Å². The van der Waals surface area contributed by atoms with Gasteiger partial charge in [-0.3, -0.25) is 19.2 Å². The van der Waals surface area contributed by atoms with Crippen LogP contribution in [0.5, 0.6) is 17.2 Å². The Hall–Kier alpha value is -3.88. The number of aliphatic hydroxyl groups is 2. The van der Waals surface area contributed by atoms with E-state index in [1.807, 2.05) is 0 Å². The van der Waals surface area contributed by atoms with Crippen LogP contribution in [0.2, 0.25) is 0 Å². The minimum atomic E-state index is -2.28. The van der Waals surface area contributed by atoms with Crippen molar-refractivity contribution in [1.29, 1.82) is 0 Å². The van der Waals surface area contributed by atoms with E-state index in [-0.39, 0.29) is 34.4 Å². The van der Waals surface area contributed by atoms with Crippen molar-refractivity contribution in [1.82, 2.24) is 0 Å². The molecule has 13 nitrogen and oxygen atoms in total. The van der Waals surface area contributed by atoms with Crippen molar-refractivity contribution < 1.29 is 58.6 Å². The molecular formula is C29H31NO12. The number of methoxy groups -OCH3 is 1. The summed E-state index contributed by atoms with van der Waals surface area (Å²) in [7, 11) is 1.32. The third-order valence-electron chi connectivity index (χ3n) is 8.07. The summed E-state index contributed by atoms with van der Waals surface area (Å²) in [4.78, 5) is 51.8. The number of ether oxygens (including phenoxy) is 4. The van der Waals surface area contributed by atoms with Gasteiger partial charge in [0.2, 0.25) is 11.6 Å². The van der Waals surface area contributed by atoms with E-state index >= 15 is 0 Å². The highest BCUT2D eigenvalue weighted by Gasteiger charge is 2.50. The Bertz CT molecular complexity index is 1490. The molecule has 224 valence electrons. The predicted molar refractivity (Wildman–Crippen MR) is 141 cm³/mol. The number of aliphatic hydroxyl groups excluding tert-OH is 1. The number of aromatic hydroxyl groups is 2. The average molecular weight is 586 g/mol. The molecule has 1 fully saturated rings. The van der Waals surface area contributed by atoms with Crippen molar-refractivity contribution >= 4 is 23.3 Å². The molecule has 2 aromatic rings. The topological polar surface area (TPSA) is 212 Å². The Labute approximate surface area is 239 Å². The van der Waals surface area contributed by atoms with Crippen LogP contribution >= 0.6 is 0 Å². The van der Waals surface area contributed by atoms with Gasteiger partial charge in [-0.05, 0) is 13.0 Å². The Kier molecular flexibility index (Phi) is 7.58. The summed E-state index contributed by atoms with van der Waals surface area (Å²) >= 11 is 0. The van der Waals surface area contributed by atoms with Crippen LogP contribution in [0.25, 0.3) is 0 Å². The molecule has 0 radical (unpaired) electrons. The van der Waals surface area contributed by atoms with Crippen molar-refractivity contribution in [2.24, 2.45) is 5.73 Å². The second kappa shape index (κ2) is 10.7. The number of hydrogen-bond donors (Lipinski definition) is 5. The number of nitrogens with two attached hydrogens (primary N) is 1. The van der Waals surface area contributed by atoms with E-state index in [0.29, 0.717) is 0 Å². The molecule has 1 aliphatic heterocycles. The van der Waals surface area contributed by atoms with E-state index < -0.39 is 102 Å². The SMILES string of the molecule is COc1cccc2c1C(=O)c1c(O)c3c(c(O)c1C2=O)C[C@@](O)(C(=O)COC(C)=O)CC3OC1CC(N)C(O)C(C)O1. The summed E-state index contributed by atoms with van der Waals surface area (Å²) in [5, 5.41) is 44.7. The van der Waals surface area contributed by atoms with Crippen LogP contribution < -0.4 is 10.5 Å². The van der Waals surface area contributed by atoms with E-state index in [1.54, 1.807) is 6.92 Å². The fourth-order valence-corrected chi connectivity index (χ4v) is 5.90. The molecule has 0 aromatic heterocycles. The molecule has 42 heavy (non-hydrogen) atoms. The molecule has 0 bridgehead atoms. The van der Waals surface area contributed by atoms with Crippen molar-refractivity contribution in [3.05, 3.63) is 51.6 Å². The number of esters is 1. The number of Topliss-reactive ketones (excluding diaryl/α,β-unsaturated/α-hetero) is 1. The zero-order valence-electron chi connectivity index (χ0n) is 23.1. The van der Waals surface area contributed by atoms with Crippen LogP contribution in [-0.4, -0.2) is 87.6 Å². The molecule has 6 atom stereocenters. The molecule has 1 saturated heterocycles. The lowest BCUT2D eigenvalue weighted by Gasteiger charge is -2.42. The molecule has 1 heterocycles. The summed E-state index contributed by atoms with van der Waals surface area (Å²) in [6, 6.07) is 3.59. The summed E-state index contributed by atoms with van der Waals surface area (Å²) in [6.45, 7) is 1.87. The van der Waals surface area contributed by atoms with E-state index in [2.05, 4.69) is 0 Å². The maximum Gasteiger partial charge on any atom is 0.303 e. The first kappa shape index (κ1) is 29.6. The summed E-state index contributed by atoms with van der Waals surface area (Å²) < 4.78 is 21.9. The van der Waals surface area contributed by atoms with Gasteiger partial charge in [-0.25, -0.2) is 0 Å². The highest BCUT2D eigenvalue weighted by atomic mass is 16.7. The Balaban J connectivity index is 1.66. The van der Waals surface area contributed by atoms with Crippen molar-refractivity contribution in [2.45, 2.75) is 69.4 Å². The molecule has 5 unspecified atom stereocenters. The zero-order valence-corrected chi connectivity index (χ0v) is 23.1. The molecular weight excluding hydrogens is 554 g/mol. The first-order valence-electron chi connectivity index (χ1n) is 13.3. The van der Waals surface area contributed by atoms with Gasteiger partial charge in [-0.15, -0.1) is 0 Å². The smallest absolute Gasteiger partial charge is 0.303 e. The van der Waals surface area contributed by atoms with Gasteiger partial charge in [-0.1, -0.05) is 12.1 Å². The van der Waals surface area contributed by atoms with Crippen LogP contribution in [0.1, 0.15) is 75.8 Å². The molecule has 0 spiro atoms. The van der Waals surface area contributed by atoms with Gasteiger partial charge in [0.25, 0.3) is 0 Å². The third-order valence-corrected chi connectivity index (χ3v) is 8.07. The third kappa shape index (κ3) is 4.72. The number of hydrogen-bond acceptors (Lipinski definition) is 13. The highest BCUT2D eigenvalue weighted by Crippen LogP contribution is 2.52. The van der Waals surface area contributed by atoms with Gasteiger partial charge in [0.05, 0.1) is 42.1 Å². The minimum Gasteiger partial charge on any atom is -0.507 e. The molecule has 6 N–H and O–H groups in total. The molecule has 5 rings (SSSR count). The van der Waals surface area contributed by atoms with Crippen LogP contribution in [0.15, 0.2) is 18.2 Å². The number of fused-ring (bicyclic) bond motifs is 3. The largest absolute Gasteiger partial charge is 0.507 e. The lowest BCUT2D eigenvalue weighted by Crippen LogP contribution is -2.53. The van der Waals surface area contributed by atoms with E-state index in [9.17, 15) is 39.6 Å². The Morgan fingerprint density at radius 3 is 2.45 bits per heavy atom. The Morgan fingerprint density at radius 2 is 1.81 bits per heavy atom. The molecule has 13 heteroatoms. The maximum atomic E-state index is 13.7. The zero-order chi connectivity index (χ0) is 30.7. The number of phenols is 2. The fraction of sp³-hybridized carbons (Fsp3) is 0.448. The number of carbonyl (C=O) groups is 4. The van der Waals surface area contributed by atoms with E-state index in [0.717, 1.165) is 6.92 Å². The lowest BCUT2D eigenvalue weighted by molar-refractivity contribution is -0.247. The van der Waals surface area contributed by atoms with E-state index in [4.69, 9.17) is 24.7 Å². The predicted octanol–water partition coefficient (Wildman–Crippen LogP) is 0.572. The molecule has 2 aromatic carbocycles. The van der Waals surface area contributed by atoms with Gasteiger partial charge in [0.15, 0.2) is 18.7 Å². The number of rotatable bonds is 6. The minimum absolute atomic E-state index is 0.00314. The summed E-state index contributed by atoms with van der Waals surface area (Å²) in [5.74, 6) is -4.57. The molecule has 2 aliphatic carbocycles. The molecule has 0 amide bonds. The van der Waals surface area contributed by atoms with Gasteiger partial charge in [-0.2, -0.15) is 0 Å². The van der Waals surface area contributed by atoms with Crippen LogP contribution in [0.3, 0.4) is 0 Å². The number of phenolic OH excluding ortho intramolecular Hbond substituents is 2. The van der Waals surface area contributed by atoms with Gasteiger partial charge < -0.3 is 45.1 Å². The van der Waals surface area contributed by atoms with Crippen molar-refractivity contribution in [3.63, 3.8) is 0 Å². The van der Waals surface area contributed by atoms with Crippen LogP contribution in [-0.2, 0) is 30.2 Å². The second-order valence-corrected chi connectivity index (χ2v) is 10.8. The maximum absolute atomic E-state index is 13.7. The summed E-state index contributed by atoms with van der Waals surface area (Å²) in [5.41, 5.74) is 2.26.